The van der Waals surface area contributed by atoms with Gasteiger partial charge in [-0.05, 0) is 43.2 Å². The zero-order valence-electron chi connectivity index (χ0n) is 11.8. The molecule has 1 amide bonds. The Kier molecular flexibility index (Phi) is 4.03. The average Bonchev–Trinajstić information content (AvgIpc) is 2.49. The van der Waals surface area contributed by atoms with Crippen molar-refractivity contribution in [3.05, 3.63) is 35.4 Å². The van der Waals surface area contributed by atoms with Gasteiger partial charge in [-0.2, -0.15) is 0 Å². The van der Waals surface area contributed by atoms with E-state index in [1.807, 2.05) is 12.1 Å². The lowest BCUT2D eigenvalue weighted by molar-refractivity contribution is -0.124. The Morgan fingerprint density at radius 1 is 1.15 bits per heavy atom. The molecule has 0 saturated heterocycles. The van der Waals surface area contributed by atoms with Gasteiger partial charge in [0.15, 0.2) is 0 Å². The number of carbonyl (C=O) groups is 1. The lowest BCUT2D eigenvalue weighted by Crippen LogP contribution is -2.51. The summed E-state index contributed by atoms with van der Waals surface area (Å²) in [6.45, 7) is 0.782. The molecule has 1 saturated carbocycles. The van der Waals surface area contributed by atoms with Crippen LogP contribution in [-0.2, 0) is 17.8 Å². The minimum absolute atomic E-state index is 0.0968. The van der Waals surface area contributed by atoms with Crippen LogP contribution in [0.15, 0.2) is 24.3 Å². The van der Waals surface area contributed by atoms with Gasteiger partial charge in [0.25, 0.3) is 0 Å². The van der Waals surface area contributed by atoms with Crippen LogP contribution in [0.3, 0.4) is 0 Å². The smallest absolute Gasteiger partial charge is 0.237 e. The maximum atomic E-state index is 12.4. The molecule has 1 atom stereocenters. The number of hydrogen-bond donors (Lipinski definition) is 3. The number of benzene rings is 1. The van der Waals surface area contributed by atoms with Gasteiger partial charge in [-0.1, -0.05) is 24.3 Å². The molecule has 0 spiro atoms. The molecule has 1 fully saturated rings. The van der Waals surface area contributed by atoms with E-state index in [4.69, 9.17) is 5.73 Å². The molecule has 0 bridgehead atoms. The van der Waals surface area contributed by atoms with E-state index in [0.717, 1.165) is 38.6 Å². The lowest BCUT2D eigenvalue weighted by atomic mass is 9.91. The number of hydrogen-bond acceptors (Lipinski definition) is 3. The fraction of sp³-hybridized carbons (Fsp3) is 0.562. The number of fused-ring (bicyclic) bond motifs is 1. The van der Waals surface area contributed by atoms with E-state index in [0.29, 0.717) is 12.1 Å². The second-order valence-corrected chi connectivity index (χ2v) is 6.03. The third-order valence-electron chi connectivity index (χ3n) is 4.52. The highest BCUT2D eigenvalue weighted by atomic mass is 16.2. The molecule has 108 valence electrons. The van der Waals surface area contributed by atoms with Gasteiger partial charge in [0.1, 0.15) is 0 Å². The topological polar surface area (TPSA) is 67.1 Å². The number of nitrogens with two attached hydrogens (primary N) is 1. The van der Waals surface area contributed by atoms with Gasteiger partial charge in [0, 0.05) is 18.6 Å². The highest BCUT2D eigenvalue weighted by molar-refractivity contribution is 5.82. The van der Waals surface area contributed by atoms with E-state index in [1.54, 1.807) is 0 Å². The second-order valence-electron chi connectivity index (χ2n) is 6.03. The van der Waals surface area contributed by atoms with Crippen LogP contribution < -0.4 is 16.4 Å². The molecule has 3 rings (SSSR count). The van der Waals surface area contributed by atoms with Crippen LogP contribution in [0, 0.1) is 0 Å². The van der Waals surface area contributed by atoms with E-state index in [1.165, 1.54) is 11.1 Å². The molecule has 1 aliphatic heterocycles. The maximum Gasteiger partial charge on any atom is 0.237 e. The van der Waals surface area contributed by atoms with Gasteiger partial charge >= 0.3 is 0 Å². The first-order valence-electron chi connectivity index (χ1n) is 7.58. The Morgan fingerprint density at radius 2 is 1.85 bits per heavy atom. The van der Waals surface area contributed by atoms with Crippen molar-refractivity contribution in [3.8, 4) is 0 Å². The first-order valence-corrected chi connectivity index (χ1v) is 7.58. The third kappa shape index (κ3) is 3.02. The molecular weight excluding hydrogens is 250 g/mol. The van der Waals surface area contributed by atoms with Crippen LogP contribution >= 0.6 is 0 Å². The van der Waals surface area contributed by atoms with Crippen LogP contribution in [-0.4, -0.2) is 24.0 Å². The van der Waals surface area contributed by atoms with Gasteiger partial charge in [-0.15, -0.1) is 0 Å². The molecular formula is C16H23N3O. The quantitative estimate of drug-likeness (QED) is 0.755. The molecule has 4 nitrogen and oxygen atoms in total. The Balaban J connectivity index is 1.56. The fourth-order valence-corrected chi connectivity index (χ4v) is 3.21. The van der Waals surface area contributed by atoms with Crippen molar-refractivity contribution < 1.29 is 4.79 Å². The molecule has 1 aromatic carbocycles. The highest BCUT2D eigenvalue weighted by Crippen LogP contribution is 2.19. The molecule has 20 heavy (non-hydrogen) atoms. The highest BCUT2D eigenvalue weighted by Gasteiger charge is 2.27. The number of amides is 1. The summed E-state index contributed by atoms with van der Waals surface area (Å²) in [6, 6.07) is 8.87. The molecule has 1 unspecified atom stereocenters. The minimum atomic E-state index is -0.0968. The van der Waals surface area contributed by atoms with Crippen molar-refractivity contribution in [1.82, 2.24) is 10.6 Å². The van der Waals surface area contributed by atoms with Gasteiger partial charge in [-0.3, -0.25) is 4.79 Å². The summed E-state index contributed by atoms with van der Waals surface area (Å²) in [5.41, 5.74) is 8.49. The fourth-order valence-electron chi connectivity index (χ4n) is 3.21. The van der Waals surface area contributed by atoms with Crippen molar-refractivity contribution in [1.29, 1.82) is 0 Å². The van der Waals surface area contributed by atoms with E-state index in [9.17, 15) is 4.79 Å². The molecule has 4 heteroatoms. The molecule has 0 radical (unpaired) electrons. The van der Waals surface area contributed by atoms with Crippen LogP contribution in [0.25, 0.3) is 0 Å². The van der Waals surface area contributed by atoms with E-state index < -0.39 is 0 Å². The summed E-state index contributed by atoms with van der Waals surface area (Å²) in [5, 5.41) is 6.52. The van der Waals surface area contributed by atoms with Crippen molar-refractivity contribution in [2.75, 3.05) is 0 Å². The summed E-state index contributed by atoms with van der Waals surface area (Å²) in [5.74, 6) is 0.139. The number of carbonyl (C=O) groups excluding carboxylic acids is 1. The summed E-state index contributed by atoms with van der Waals surface area (Å²) < 4.78 is 0. The molecule has 1 aromatic rings. The standard InChI is InChI=1S/C16H23N3O/c17-13-5-7-14(8-6-13)19-16(20)15-9-11-3-1-2-4-12(11)10-18-15/h1-4,13-15,18H,5-10,17H2,(H,19,20). The predicted molar refractivity (Wildman–Crippen MR) is 79.1 cm³/mol. The van der Waals surface area contributed by atoms with Crippen molar-refractivity contribution >= 4 is 5.91 Å². The Morgan fingerprint density at radius 3 is 2.60 bits per heavy atom. The number of nitrogens with one attached hydrogen (secondary N) is 2. The van der Waals surface area contributed by atoms with Crippen molar-refractivity contribution in [2.24, 2.45) is 5.73 Å². The summed E-state index contributed by atoms with van der Waals surface area (Å²) >= 11 is 0. The van der Waals surface area contributed by atoms with E-state index >= 15 is 0 Å². The molecule has 2 aliphatic rings. The molecule has 1 aliphatic carbocycles. The first-order chi connectivity index (χ1) is 9.72. The molecule has 0 aromatic heterocycles. The van der Waals surface area contributed by atoms with E-state index in [-0.39, 0.29) is 11.9 Å². The number of rotatable bonds is 2. The zero-order chi connectivity index (χ0) is 13.9. The van der Waals surface area contributed by atoms with Crippen LogP contribution in [0.5, 0.6) is 0 Å². The molecule has 4 N–H and O–H groups in total. The monoisotopic (exact) mass is 273 g/mol. The SMILES string of the molecule is NC1CCC(NC(=O)C2Cc3ccccc3CN2)CC1. The zero-order valence-corrected chi connectivity index (χ0v) is 11.8. The van der Waals surface area contributed by atoms with Crippen molar-refractivity contribution in [2.45, 2.75) is 56.8 Å². The van der Waals surface area contributed by atoms with E-state index in [2.05, 4.69) is 22.8 Å². The average molecular weight is 273 g/mol. The van der Waals surface area contributed by atoms with Gasteiger partial charge in [0.05, 0.1) is 6.04 Å². The van der Waals surface area contributed by atoms with Crippen molar-refractivity contribution in [3.63, 3.8) is 0 Å². The summed E-state index contributed by atoms with van der Waals surface area (Å²) in [7, 11) is 0. The second kappa shape index (κ2) is 5.94. The van der Waals surface area contributed by atoms with Crippen LogP contribution in [0.2, 0.25) is 0 Å². The van der Waals surface area contributed by atoms with Gasteiger partial charge < -0.3 is 16.4 Å². The maximum absolute atomic E-state index is 12.4. The Labute approximate surface area is 120 Å². The van der Waals surface area contributed by atoms with Gasteiger partial charge in [-0.25, -0.2) is 0 Å². The van der Waals surface area contributed by atoms with Crippen LogP contribution in [0.4, 0.5) is 0 Å². The van der Waals surface area contributed by atoms with Crippen LogP contribution in [0.1, 0.15) is 36.8 Å². The van der Waals surface area contributed by atoms with Gasteiger partial charge in [0.2, 0.25) is 5.91 Å². The summed E-state index contributed by atoms with van der Waals surface area (Å²) in [4.78, 5) is 12.4. The Bertz CT molecular complexity index is 480. The first kappa shape index (κ1) is 13.6. The third-order valence-corrected chi connectivity index (χ3v) is 4.52. The predicted octanol–water partition coefficient (Wildman–Crippen LogP) is 1.09. The molecule has 1 heterocycles. The summed E-state index contributed by atoms with van der Waals surface area (Å²) in [6.07, 6.45) is 4.85. The Hall–Kier alpha value is -1.39. The minimum Gasteiger partial charge on any atom is -0.352 e. The normalized spacial score (nSPS) is 29.6. The largest absolute Gasteiger partial charge is 0.352 e. The lowest BCUT2D eigenvalue weighted by Gasteiger charge is -2.30.